The highest BCUT2D eigenvalue weighted by atomic mass is 31.2. The Labute approximate surface area is 450 Å². The summed E-state index contributed by atoms with van der Waals surface area (Å²) < 4.78 is 23.5. The van der Waals surface area contributed by atoms with Crippen LogP contribution in [0.15, 0.2) is 12.2 Å². The zero-order chi connectivity index (χ0) is 52.7. The smallest absolute Gasteiger partial charge is 0.268 e. The first kappa shape index (κ1) is 71.2. The normalized spacial score (nSPS) is 13.8. The van der Waals surface area contributed by atoms with E-state index >= 15 is 0 Å². The first-order chi connectivity index (χ1) is 35.0. The lowest BCUT2D eigenvalue weighted by Crippen LogP contribution is -2.46. The van der Waals surface area contributed by atoms with Gasteiger partial charge in [0.05, 0.1) is 39.9 Å². The van der Waals surface area contributed by atoms with E-state index in [0.717, 1.165) is 38.5 Å². The molecule has 0 spiro atoms. The number of unbranched alkanes of at least 4 members (excludes halogenated alkanes) is 45. The Bertz CT molecular complexity index is 1180. The minimum atomic E-state index is -4.57. The van der Waals surface area contributed by atoms with Gasteiger partial charge >= 0.3 is 0 Å². The van der Waals surface area contributed by atoms with Gasteiger partial charge < -0.3 is 28.8 Å². The van der Waals surface area contributed by atoms with Crippen molar-refractivity contribution < 1.29 is 32.9 Å². The Morgan fingerprint density at radius 3 is 1.08 bits per heavy atom. The molecule has 3 atom stereocenters. The second-order valence-corrected chi connectivity index (χ2v) is 24.9. The van der Waals surface area contributed by atoms with Gasteiger partial charge in [-0.3, -0.25) is 9.36 Å². The number of likely N-dealkylation sites (N-methyl/N-ethyl adjacent to an activating group) is 1. The second-order valence-electron chi connectivity index (χ2n) is 23.5. The first-order valence-corrected chi connectivity index (χ1v) is 33.5. The number of aliphatic hydroxyl groups is 1. The monoisotopic (exact) mass is 1040 g/mol. The molecule has 0 saturated heterocycles. The molecule has 8 nitrogen and oxygen atoms in total. The SMILES string of the molecule is CCCCCCCCCCCCCC/C=C\CCCCCCCCCCCCCCCCCC(=O)NC(COP(=O)([O-])OCC[N+](C)(C)C)C(O)CCCCCCCCCCCCCCCCCCCCC. The van der Waals surface area contributed by atoms with Crippen molar-refractivity contribution in [3.05, 3.63) is 12.2 Å². The van der Waals surface area contributed by atoms with E-state index in [1.165, 1.54) is 270 Å². The number of hydrogen-bond donors (Lipinski definition) is 2. The van der Waals surface area contributed by atoms with E-state index < -0.39 is 20.0 Å². The average Bonchev–Trinajstić information content (AvgIpc) is 3.34. The molecule has 0 aromatic carbocycles. The molecule has 0 rings (SSSR count). The fraction of sp³-hybridized carbons (Fsp3) is 0.952. The molecule has 0 aromatic heterocycles. The van der Waals surface area contributed by atoms with Crippen LogP contribution in [0, 0.1) is 0 Å². The van der Waals surface area contributed by atoms with E-state index in [4.69, 9.17) is 9.05 Å². The van der Waals surface area contributed by atoms with Gasteiger partial charge in [-0.1, -0.05) is 302 Å². The fourth-order valence-electron chi connectivity index (χ4n) is 9.98. The minimum Gasteiger partial charge on any atom is -0.756 e. The number of amides is 1. The molecular weight excluding hydrogens is 912 g/mol. The van der Waals surface area contributed by atoms with Crippen molar-refractivity contribution >= 4 is 13.7 Å². The zero-order valence-corrected chi connectivity index (χ0v) is 50.1. The first-order valence-electron chi connectivity index (χ1n) is 32.0. The molecule has 1 amide bonds. The number of quaternary nitrogens is 1. The molecule has 2 N–H and O–H groups in total. The molecule has 0 saturated carbocycles. The number of aliphatic hydroxyl groups excluding tert-OH is 1. The van der Waals surface area contributed by atoms with Gasteiger partial charge in [-0.05, 0) is 38.5 Å². The van der Waals surface area contributed by atoms with Gasteiger partial charge in [0, 0.05) is 6.42 Å². The minimum absolute atomic E-state index is 0.0154. The van der Waals surface area contributed by atoms with Crippen molar-refractivity contribution in [2.45, 2.75) is 347 Å². The van der Waals surface area contributed by atoms with Crippen LogP contribution in [0.3, 0.4) is 0 Å². The largest absolute Gasteiger partial charge is 0.756 e. The van der Waals surface area contributed by atoms with Gasteiger partial charge in [0.15, 0.2) is 0 Å². The van der Waals surface area contributed by atoms with Crippen LogP contribution >= 0.6 is 7.82 Å². The molecule has 0 heterocycles. The van der Waals surface area contributed by atoms with Crippen LogP contribution in [0.5, 0.6) is 0 Å². The van der Waals surface area contributed by atoms with Crippen molar-refractivity contribution in [2.75, 3.05) is 40.9 Å². The molecular formula is C63H127N2O6P. The van der Waals surface area contributed by atoms with Gasteiger partial charge in [-0.2, -0.15) is 0 Å². The summed E-state index contributed by atoms with van der Waals surface area (Å²) in [5.41, 5.74) is 0. The average molecular weight is 1040 g/mol. The fourth-order valence-corrected chi connectivity index (χ4v) is 10.7. The molecule has 0 aliphatic rings. The van der Waals surface area contributed by atoms with Gasteiger partial charge in [-0.25, -0.2) is 0 Å². The van der Waals surface area contributed by atoms with Crippen LogP contribution in [0.1, 0.15) is 335 Å². The number of carbonyl (C=O) groups is 1. The molecule has 0 aliphatic heterocycles. The maximum atomic E-state index is 13.0. The van der Waals surface area contributed by atoms with Gasteiger partial charge in [0.25, 0.3) is 7.82 Å². The molecule has 0 aliphatic carbocycles. The Morgan fingerprint density at radius 1 is 0.472 bits per heavy atom. The summed E-state index contributed by atoms with van der Waals surface area (Å²) >= 11 is 0. The van der Waals surface area contributed by atoms with E-state index in [0.29, 0.717) is 23.9 Å². The van der Waals surface area contributed by atoms with Gasteiger partial charge in [-0.15, -0.1) is 0 Å². The number of phosphoric acid groups is 1. The van der Waals surface area contributed by atoms with E-state index in [-0.39, 0.29) is 19.1 Å². The van der Waals surface area contributed by atoms with E-state index in [9.17, 15) is 19.4 Å². The number of hydrogen-bond acceptors (Lipinski definition) is 6. The van der Waals surface area contributed by atoms with Crippen molar-refractivity contribution in [3.8, 4) is 0 Å². The molecule has 3 unspecified atom stereocenters. The number of rotatable bonds is 60. The van der Waals surface area contributed by atoms with Crippen LogP contribution in [0.25, 0.3) is 0 Å². The lowest BCUT2D eigenvalue weighted by molar-refractivity contribution is -0.870. The summed E-state index contributed by atoms with van der Waals surface area (Å²) in [6, 6.07) is -0.798. The van der Waals surface area contributed by atoms with Crippen LogP contribution in [-0.2, 0) is 18.4 Å². The second kappa shape index (κ2) is 55.0. The highest BCUT2D eigenvalue weighted by Crippen LogP contribution is 2.38. The summed E-state index contributed by atoms with van der Waals surface area (Å²) in [6.45, 7) is 4.78. The number of nitrogens with zero attached hydrogens (tertiary/aromatic N) is 1. The number of carbonyl (C=O) groups excluding carboxylic acids is 1. The van der Waals surface area contributed by atoms with E-state index in [2.05, 4.69) is 31.3 Å². The van der Waals surface area contributed by atoms with Crippen molar-refractivity contribution in [1.29, 1.82) is 0 Å². The standard InChI is InChI=1S/C63H127N2O6P/c1-6-8-10-12-14-16-18-20-22-24-26-27-28-29-30-31-32-33-34-35-36-37-39-41-43-45-47-49-51-53-55-57-63(67)64-61(60-71-72(68,69)70-59-58-65(3,4)5)62(66)56-54-52-50-48-46-44-42-40-38-25-23-21-19-17-15-13-11-9-7-2/h29-30,61-62,66H,6-28,31-60H2,1-5H3,(H-,64,67,68,69)/b30-29-. The molecule has 72 heavy (non-hydrogen) atoms. The third-order valence-electron chi connectivity index (χ3n) is 15.0. The molecule has 0 radical (unpaired) electrons. The lowest BCUT2D eigenvalue weighted by Gasteiger charge is -2.30. The van der Waals surface area contributed by atoms with Crippen LogP contribution < -0.4 is 10.2 Å². The third-order valence-corrected chi connectivity index (χ3v) is 16.0. The molecule has 0 fully saturated rings. The number of allylic oxidation sites excluding steroid dienone is 2. The van der Waals surface area contributed by atoms with Crippen molar-refractivity contribution in [1.82, 2.24) is 5.32 Å². The number of nitrogens with one attached hydrogen (secondary N) is 1. The third kappa shape index (κ3) is 57.0. The maximum Gasteiger partial charge on any atom is 0.268 e. The van der Waals surface area contributed by atoms with Gasteiger partial charge in [0.1, 0.15) is 13.2 Å². The topological polar surface area (TPSA) is 108 Å². The molecule has 0 aromatic rings. The summed E-state index contributed by atoms with van der Waals surface area (Å²) in [5, 5.41) is 14.1. The Balaban J connectivity index is 4.02. The maximum absolute atomic E-state index is 13.0. The van der Waals surface area contributed by atoms with Crippen LogP contribution in [0.2, 0.25) is 0 Å². The van der Waals surface area contributed by atoms with E-state index in [1.54, 1.807) is 0 Å². The Morgan fingerprint density at radius 2 is 0.764 bits per heavy atom. The quantitative estimate of drug-likeness (QED) is 0.0272. The van der Waals surface area contributed by atoms with E-state index in [1.807, 2.05) is 21.1 Å². The van der Waals surface area contributed by atoms with Crippen molar-refractivity contribution in [2.24, 2.45) is 0 Å². The molecule has 430 valence electrons. The van der Waals surface area contributed by atoms with Crippen LogP contribution in [-0.4, -0.2) is 68.5 Å². The highest BCUT2D eigenvalue weighted by molar-refractivity contribution is 7.45. The van der Waals surface area contributed by atoms with Gasteiger partial charge in [0.2, 0.25) is 5.91 Å². The molecule has 0 bridgehead atoms. The Hall–Kier alpha value is -0.760. The predicted molar refractivity (Wildman–Crippen MR) is 312 cm³/mol. The summed E-state index contributed by atoms with van der Waals surface area (Å²) in [5.74, 6) is -0.157. The van der Waals surface area contributed by atoms with Crippen molar-refractivity contribution in [3.63, 3.8) is 0 Å². The van der Waals surface area contributed by atoms with Crippen LogP contribution in [0.4, 0.5) is 0 Å². The highest BCUT2D eigenvalue weighted by Gasteiger charge is 2.24. The predicted octanol–water partition coefficient (Wildman–Crippen LogP) is 19.1. The Kier molecular flexibility index (Phi) is 54.4. The summed E-state index contributed by atoms with van der Waals surface area (Å²) in [4.78, 5) is 25.6. The summed E-state index contributed by atoms with van der Waals surface area (Å²) in [6.07, 6.45) is 68.4. The summed E-state index contributed by atoms with van der Waals surface area (Å²) in [7, 11) is 1.32. The zero-order valence-electron chi connectivity index (χ0n) is 49.2. The number of phosphoric ester groups is 1. The molecule has 9 heteroatoms. The lowest BCUT2D eigenvalue weighted by atomic mass is 10.0.